The minimum atomic E-state index is -0.685. The average molecular weight is 424 g/mol. The zero-order chi connectivity index (χ0) is 22.8. The van der Waals surface area contributed by atoms with E-state index in [1.165, 1.54) is 0 Å². The van der Waals surface area contributed by atoms with Crippen LogP contribution in [0.25, 0.3) is 0 Å². The molecule has 0 heterocycles. The van der Waals surface area contributed by atoms with E-state index in [1.54, 1.807) is 0 Å². The third-order valence-electron chi connectivity index (χ3n) is 5.46. The first-order chi connectivity index (χ1) is 15.6. The van der Waals surface area contributed by atoms with Crippen LogP contribution in [-0.4, -0.2) is 30.5 Å². The lowest BCUT2D eigenvalue weighted by Crippen LogP contribution is -2.42. The highest BCUT2D eigenvalue weighted by Crippen LogP contribution is 2.15. The van der Waals surface area contributed by atoms with Crippen molar-refractivity contribution in [2.45, 2.75) is 26.9 Å². The van der Waals surface area contributed by atoms with Crippen molar-refractivity contribution in [1.82, 2.24) is 0 Å². The Morgan fingerprint density at radius 1 is 0.844 bits per heavy atom. The van der Waals surface area contributed by atoms with E-state index < -0.39 is 13.8 Å². The molecule has 3 aromatic rings. The Balaban J connectivity index is 1.66. The van der Waals surface area contributed by atoms with Crippen LogP contribution in [0.1, 0.15) is 25.8 Å². The fourth-order valence-electron chi connectivity index (χ4n) is 3.75. The normalized spacial score (nSPS) is 12.0. The van der Waals surface area contributed by atoms with Gasteiger partial charge in [-0.15, -0.1) is 0 Å². The topological polar surface area (TPSA) is 49.7 Å². The lowest BCUT2D eigenvalue weighted by molar-refractivity contribution is 0.144. The molecule has 0 bridgehead atoms. The van der Waals surface area contributed by atoms with E-state index in [4.69, 9.17) is 4.74 Å². The predicted octanol–water partition coefficient (Wildman–Crippen LogP) is 3.01. The van der Waals surface area contributed by atoms with E-state index in [0.717, 1.165) is 39.4 Å². The van der Waals surface area contributed by atoms with Gasteiger partial charge >= 0.3 is 13.8 Å². The van der Waals surface area contributed by atoms with Crippen LogP contribution >= 0.6 is 0 Å². The maximum Gasteiger partial charge on any atom is 0.358 e. The van der Waals surface area contributed by atoms with Crippen molar-refractivity contribution in [1.29, 1.82) is 0 Å². The highest BCUT2D eigenvalue weighted by molar-refractivity contribution is 6.78. The van der Waals surface area contributed by atoms with Crippen molar-refractivity contribution in [3.8, 4) is 0 Å². The number of ether oxygens (including phenoxy) is 1. The Kier molecular flexibility index (Phi) is 9.12. The molecule has 0 spiro atoms. The summed E-state index contributed by atoms with van der Waals surface area (Å²) in [7, 11) is 0. The molecule has 0 aliphatic carbocycles. The highest BCUT2D eigenvalue weighted by atomic mass is 16.5. The summed E-state index contributed by atoms with van der Waals surface area (Å²) in [5.74, 6) is 0. The first kappa shape index (κ1) is 23.8. The fraction of sp³-hybridized carbons (Fsp3) is 0.185. The van der Waals surface area contributed by atoms with Gasteiger partial charge < -0.3 is 14.8 Å². The van der Waals surface area contributed by atoms with Gasteiger partial charge in [-0.2, -0.15) is 0 Å². The quantitative estimate of drug-likeness (QED) is 0.389. The van der Waals surface area contributed by atoms with Crippen molar-refractivity contribution in [3.63, 3.8) is 0 Å². The molecule has 3 rings (SSSR count). The second-order valence-electron chi connectivity index (χ2n) is 7.75. The van der Waals surface area contributed by atoms with Gasteiger partial charge in [0.2, 0.25) is 0 Å². The van der Waals surface area contributed by atoms with Crippen LogP contribution in [-0.2, 0) is 11.3 Å². The monoisotopic (exact) mass is 424 g/mol. The lowest BCUT2D eigenvalue weighted by Gasteiger charge is -2.17. The molecule has 0 unspecified atom stereocenters. The molecule has 32 heavy (non-hydrogen) atoms. The molecule has 0 amide bonds. The smallest absolute Gasteiger partial charge is 0.358 e. The number of allylic oxidation sites excluding steroid dienone is 2. The zero-order valence-corrected chi connectivity index (χ0v) is 18.8. The van der Waals surface area contributed by atoms with Crippen molar-refractivity contribution >= 4 is 30.2 Å². The summed E-state index contributed by atoms with van der Waals surface area (Å²) in [5, 5.41) is 21.6. The van der Waals surface area contributed by atoms with Crippen molar-refractivity contribution in [2.75, 3.05) is 6.61 Å². The highest BCUT2D eigenvalue weighted by Gasteiger charge is 2.22. The summed E-state index contributed by atoms with van der Waals surface area (Å²) < 4.78 is 6.02. The van der Waals surface area contributed by atoms with Gasteiger partial charge in [-0.25, -0.2) is 0 Å². The molecule has 0 aliphatic rings. The van der Waals surface area contributed by atoms with E-state index >= 15 is 0 Å². The first-order valence-electron chi connectivity index (χ1n) is 11.1. The molecule has 162 valence electrons. The van der Waals surface area contributed by atoms with Crippen LogP contribution in [0.15, 0.2) is 108 Å². The summed E-state index contributed by atoms with van der Waals surface area (Å²) in [4.78, 5) is 0. The van der Waals surface area contributed by atoms with E-state index in [9.17, 15) is 10.0 Å². The predicted molar refractivity (Wildman–Crippen MR) is 136 cm³/mol. The molecule has 0 saturated heterocycles. The minimum Gasteiger partial charge on any atom is -0.443 e. The van der Waals surface area contributed by atoms with Crippen molar-refractivity contribution in [3.05, 3.63) is 114 Å². The van der Waals surface area contributed by atoms with Gasteiger partial charge in [-0.3, -0.25) is 0 Å². The molecular weight excluding hydrogens is 394 g/mol. The molecule has 3 aromatic carbocycles. The van der Waals surface area contributed by atoms with Crippen molar-refractivity contribution in [2.24, 2.45) is 0 Å². The number of hydrogen-bond donors (Lipinski definition) is 2. The van der Waals surface area contributed by atoms with E-state index in [1.807, 2.05) is 97.9 Å². The lowest BCUT2D eigenvalue weighted by atomic mass is 9.53. The zero-order valence-electron chi connectivity index (χ0n) is 18.8. The molecule has 3 nitrogen and oxygen atoms in total. The van der Waals surface area contributed by atoms with Gasteiger partial charge in [-0.05, 0) is 46.3 Å². The average Bonchev–Trinajstić information content (AvgIpc) is 2.86. The first-order valence-corrected chi connectivity index (χ1v) is 11.1. The molecule has 5 heteroatoms. The molecule has 0 aliphatic heterocycles. The maximum atomic E-state index is 10.9. The van der Waals surface area contributed by atoms with Crippen LogP contribution in [0, 0.1) is 0 Å². The second kappa shape index (κ2) is 12.3. The Morgan fingerprint density at radius 2 is 1.47 bits per heavy atom. The molecular formula is C27H30B2O3. The summed E-state index contributed by atoms with van der Waals surface area (Å²) in [5.41, 5.74) is 5.44. The largest absolute Gasteiger partial charge is 0.443 e. The Labute approximate surface area is 192 Å². The Bertz CT molecular complexity index is 1030. The molecule has 0 atom stereocenters. The Morgan fingerprint density at radius 3 is 2.09 bits per heavy atom. The summed E-state index contributed by atoms with van der Waals surface area (Å²) in [6.07, 6.45) is 4.90. The standard InChI is InChI=1S/C27H30B2O3/c1-3-12-27(29(31)25-16-9-6-10-17-25)23(4-2)21-32-20-22-13-11-18-26(19-22)28(30)24-14-7-5-8-15-24/h4-19,30-31H,3,20-21H2,1-2H3/b23-4-,27-12+. The fourth-order valence-corrected chi connectivity index (χ4v) is 3.75. The van der Waals surface area contributed by atoms with Gasteiger partial charge in [0.05, 0.1) is 13.2 Å². The van der Waals surface area contributed by atoms with Crippen LogP contribution < -0.4 is 16.4 Å². The van der Waals surface area contributed by atoms with E-state index in [0.29, 0.717) is 13.2 Å². The van der Waals surface area contributed by atoms with E-state index in [-0.39, 0.29) is 0 Å². The summed E-state index contributed by atoms with van der Waals surface area (Å²) >= 11 is 0. The summed E-state index contributed by atoms with van der Waals surface area (Å²) in [6, 6.07) is 27.2. The third kappa shape index (κ3) is 6.33. The van der Waals surface area contributed by atoms with Crippen LogP contribution in [0.3, 0.4) is 0 Å². The SMILES string of the molecule is C/C=C(COCc1cccc(B(O)c2ccccc2)c1)\C(=C/CC)B(O)c1ccccc1. The number of benzene rings is 3. The summed E-state index contributed by atoms with van der Waals surface area (Å²) in [6.45, 7) is 3.51. The van der Waals surface area contributed by atoms with Gasteiger partial charge in [0.25, 0.3) is 0 Å². The van der Waals surface area contributed by atoms with Gasteiger partial charge in [-0.1, -0.05) is 104 Å². The molecule has 0 aromatic heterocycles. The van der Waals surface area contributed by atoms with E-state index in [2.05, 4.69) is 13.0 Å². The Hall–Kier alpha value is -2.85. The number of hydrogen-bond acceptors (Lipinski definition) is 3. The minimum absolute atomic E-state index is 0.400. The van der Waals surface area contributed by atoms with Crippen LogP contribution in [0.4, 0.5) is 0 Å². The molecule has 0 radical (unpaired) electrons. The van der Waals surface area contributed by atoms with Gasteiger partial charge in [0.15, 0.2) is 0 Å². The van der Waals surface area contributed by atoms with Gasteiger partial charge in [0, 0.05) is 0 Å². The maximum absolute atomic E-state index is 10.9. The van der Waals surface area contributed by atoms with Crippen LogP contribution in [0.2, 0.25) is 0 Å². The van der Waals surface area contributed by atoms with Crippen LogP contribution in [0.5, 0.6) is 0 Å². The number of rotatable bonds is 10. The third-order valence-corrected chi connectivity index (χ3v) is 5.46. The molecule has 0 fully saturated rings. The van der Waals surface area contributed by atoms with Crippen molar-refractivity contribution < 1.29 is 14.8 Å². The van der Waals surface area contributed by atoms with Gasteiger partial charge in [0.1, 0.15) is 0 Å². The second-order valence-corrected chi connectivity index (χ2v) is 7.75. The molecule has 0 saturated carbocycles. The molecule has 2 N–H and O–H groups in total.